The molecule has 3 heterocycles. The molecule has 0 saturated carbocycles. The molecule has 2 N–H and O–H groups in total. The zero-order valence-electron chi connectivity index (χ0n) is 18.1. The van der Waals surface area contributed by atoms with E-state index >= 15 is 0 Å². The zero-order valence-corrected chi connectivity index (χ0v) is 23.0. The van der Waals surface area contributed by atoms with Crippen molar-refractivity contribution in [3.8, 4) is 17.1 Å². The number of fused-ring (bicyclic) bond motifs is 1. The zero-order chi connectivity index (χ0) is 21.4. The average Bonchev–Trinajstić information content (AvgIpc) is 3.13. The van der Waals surface area contributed by atoms with Gasteiger partial charge in [-0.1, -0.05) is 55.0 Å². The van der Waals surface area contributed by atoms with Gasteiger partial charge in [0, 0.05) is 11.3 Å². The third kappa shape index (κ3) is 4.54. The molecular formula is C23H20N7ORb. The van der Waals surface area contributed by atoms with E-state index in [1.165, 1.54) is 5.56 Å². The van der Waals surface area contributed by atoms with Crippen molar-refractivity contribution < 1.29 is 63.0 Å². The number of nitrogens with one attached hydrogen (secondary N) is 2. The van der Waals surface area contributed by atoms with Gasteiger partial charge >= 0.3 is 58.2 Å². The molecule has 0 bridgehead atoms. The van der Waals surface area contributed by atoms with E-state index in [-0.39, 0.29) is 70.3 Å². The minimum Gasteiger partial charge on any atom is -0.630 e. The van der Waals surface area contributed by atoms with Gasteiger partial charge < -0.3 is 20.7 Å². The van der Waals surface area contributed by atoms with E-state index in [4.69, 9.17) is 0 Å². The van der Waals surface area contributed by atoms with Crippen molar-refractivity contribution in [2.24, 2.45) is 0 Å². The first-order chi connectivity index (χ1) is 15.1. The van der Waals surface area contributed by atoms with Gasteiger partial charge in [0.15, 0.2) is 11.6 Å². The van der Waals surface area contributed by atoms with E-state index in [2.05, 4.69) is 31.2 Å². The number of amides is 1. The second kappa shape index (κ2) is 9.62. The van der Waals surface area contributed by atoms with Crippen LogP contribution in [-0.2, 0) is 0 Å². The summed E-state index contributed by atoms with van der Waals surface area (Å²) in [5.74, 6) is 1.14. The van der Waals surface area contributed by atoms with Crippen molar-refractivity contribution in [3.63, 3.8) is 0 Å². The predicted molar refractivity (Wildman–Crippen MR) is 120 cm³/mol. The second-order valence-electron chi connectivity index (χ2n) is 7.37. The normalized spacial score (nSPS) is 14.6. The van der Waals surface area contributed by atoms with E-state index < -0.39 is 0 Å². The first-order valence-electron chi connectivity index (χ1n) is 9.96. The Labute approximate surface area is 234 Å². The molecule has 0 saturated heterocycles. The quantitative estimate of drug-likeness (QED) is 0.447. The van der Waals surface area contributed by atoms with Crippen molar-refractivity contribution >= 4 is 23.2 Å². The number of aromatic nitrogens is 4. The van der Waals surface area contributed by atoms with Gasteiger partial charge in [-0.25, -0.2) is 0 Å². The van der Waals surface area contributed by atoms with E-state index in [1.54, 1.807) is 4.68 Å². The molecule has 4 aromatic rings. The summed E-state index contributed by atoms with van der Waals surface area (Å²) in [4.78, 5) is 12.7. The van der Waals surface area contributed by atoms with Crippen LogP contribution in [0.3, 0.4) is 0 Å². The van der Waals surface area contributed by atoms with Gasteiger partial charge in [-0.3, -0.25) is 0 Å². The van der Waals surface area contributed by atoms with Crippen molar-refractivity contribution in [2.45, 2.75) is 20.0 Å². The smallest absolute Gasteiger partial charge is 0.630 e. The fourth-order valence-corrected chi connectivity index (χ4v) is 3.45. The third-order valence-electron chi connectivity index (χ3n) is 5.01. The van der Waals surface area contributed by atoms with E-state index in [9.17, 15) is 4.79 Å². The molecular weight excluding hydrogens is 476 g/mol. The number of carbonyl (C=O) groups is 1. The number of aryl methyl sites for hydroxylation is 1. The topological polar surface area (TPSA) is 98.8 Å². The first kappa shape index (κ1) is 22.8. The van der Waals surface area contributed by atoms with E-state index in [0.717, 1.165) is 16.9 Å². The molecule has 0 aliphatic carbocycles. The fraction of sp³-hybridized carbons (Fsp3) is 0.130. The van der Waals surface area contributed by atoms with Gasteiger partial charge in [-0.2, -0.15) is 4.68 Å². The fourth-order valence-electron chi connectivity index (χ4n) is 3.45. The Morgan fingerprint density at radius 2 is 1.75 bits per heavy atom. The standard InChI is InChI=1S/C23H21N7O.Rb/c1-14-8-10-16(11-9-14)18-12-13-19(28-27-18)30-22-20(23(31)25-15(2)24-22)21(29-30)26-17-6-4-3-5-7-17;/h3-13,15H,1-2H3,(H3,24,25,26,29,31);/q;+1/p-1. The Kier molecular flexibility index (Phi) is 6.85. The van der Waals surface area contributed by atoms with Crippen LogP contribution in [0.5, 0.6) is 0 Å². The monoisotopic (exact) mass is 495 g/mol. The number of nitrogens with zero attached hydrogens (tertiary/aromatic N) is 5. The van der Waals surface area contributed by atoms with Gasteiger partial charge in [0.2, 0.25) is 0 Å². The molecule has 1 atom stereocenters. The summed E-state index contributed by atoms with van der Waals surface area (Å²) in [6.07, 6.45) is -0.361. The number of para-hydroxylation sites is 1. The summed E-state index contributed by atoms with van der Waals surface area (Å²) in [7, 11) is 0. The van der Waals surface area contributed by atoms with Crippen LogP contribution in [0.4, 0.5) is 17.3 Å². The summed E-state index contributed by atoms with van der Waals surface area (Å²) < 4.78 is 1.59. The van der Waals surface area contributed by atoms with Gasteiger partial charge in [0.25, 0.3) is 0 Å². The molecule has 9 heteroatoms. The molecule has 1 aliphatic heterocycles. The van der Waals surface area contributed by atoms with Crippen LogP contribution >= 0.6 is 0 Å². The molecule has 0 fully saturated rings. The van der Waals surface area contributed by atoms with Crippen LogP contribution in [0.25, 0.3) is 22.4 Å². The Balaban J connectivity index is 0.00000245. The van der Waals surface area contributed by atoms with Crippen LogP contribution in [0.2, 0.25) is 0 Å². The molecule has 0 radical (unpaired) electrons. The van der Waals surface area contributed by atoms with Gasteiger partial charge in [-0.15, -0.1) is 15.3 Å². The van der Waals surface area contributed by atoms with E-state index in [0.29, 0.717) is 23.0 Å². The SMILES string of the molecule is Cc1ccc(-c2ccc(-n3nc(Nc4ccccc4)c4c3NC(C)[N-]C4=O)nn2)cc1.[Rb+]. The first-order valence-corrected chi connectivity index (χ1v) is 9.96. The van der Waals surface area contributed by atoms with E-state index in [1.807, 2.05) is 80.6 Å². The van der Waals surface area contributed by atoms with Crippen LogP contribution in [-0.4, -0.2) is 32.1 Å². The molecule has 2 aromatic heterocycles. The molecule has 1 unspecified atom stereocenters. The summed E-state index contributed by atoms with van der Waals surface area (Å²) in [6.45, 7) is 3.86. The number of hydrogen-bond acceptors (Lipinski definition) is 6. The van der Waals surface area contributed by atoms with Crippen molar-refractivity contribution in [2.75, 3.05) is 10.6 Å². The molecule has 154 valence electrons. The summed E-state index contributed by atoms with van der Waals surface area (Å²) in [6, 6.07) is 21.4. The third-order valence-corrected chi connectivity index (χ3v) is 5.01. The molecule has 0 spiro atoms. The van der Waals surface area contributed by atoms with Gasteiger partial charge in [0.05, 0.1) is 17.2 Å². The Hall–Kier alpha value is -2.39. The number of anilines is 3. The molecule has 1 aliphatic rings. The Bertz CT molecular complexity index is 1240. The average molecular weight is 496 g/mol. The number of carbonyl (C=O) groups excluding carboxylic acids is 1. The van der Waals surface area contributed by atoms with Crippen molar-refractivity contribution in [1.82, 2.24) is 20.0 Å². The minimum absolute atomic E-state index is 0. The molecule has 5 rings (SSSR count). The molecule has 8 nitrogen and oxygen atoms in total. The summed E-state index contributed by atoms with van der Waals surface area (Å²) >= 11 is 0. The molecule has 1 amide bonds. The Morgan fingerprint density at radius 3 is 2.44 bits per heavy atom. The second-order valence-corrected chi connectivity index (χ2v) is 7.37. The minimum atomic E-state index is -0.361. The van der Waals surface area contributed by atoms with Crippen molar-refractivity contribution in [3.05, 3.63) is 83.2 Å². The predicted octanol–water partition coefficient (Wildman–Crippen LogP) is 1.67. The summed E-state index contributed by atoms with van der Waals surface area (Å²) in [5.41, 5.74) is 4.14. The van der Waals surface area contributed by atoms with Crippen LogP contribution in [0.1, 0.15) is 22.8 Å². The van der Waals surface area contributed by atoms with Gasteiger partial charge in [0.1, 0.15) is 5.82 Å². The number of rotatable bonds is 4. The number of hydrogen-bond donors (Lipinski definition) is 2. The number of benzene rings is 2. The van der Waals surface area contributed by atoms with Crippen molar-refractivity contribution in [1.29, 1.82) is 0 Å². The Morgan fingerprint density at radius 1 is 1.00 bits per heavy atom. The maximum absolute atomic E-state index is 12.7. The summed E-state index contributed by atoms with van der Waals surface area (Å²) in [5, 5.41) is 23.9. The van der Waals surface area contributed by atoms with Crippen LogP contribution in [0, 0.1) is 6.92 Å². The molecule has 2 aromatic carbocycles. The largest absolute Gasteiger partial charge is 1.00 e. The van der Waals surface area contributed by atoms with Gasteiger partial charge in [-0.05, 0) is 37.4 Å². The van der Waals surface area contributed by atoms with Crippen LogP contribution in [0.15, 0.2) is 66.7 Å². The molecule has 32 heavy (non-hydrogen) atoms. The maximum atomic E-state index is 12.7. The van der Waals surface area contributed by atoms with Crippen LogP contribution < -0.4 is 68.8 Å². The maximum Gasteiger partial charge on any atom is 1.00 e.